The maximum Gasteiger partial charge on any atom is 0.275 e. The molecule has 0 saturated heterocycles. The minimum absolute atomic E-state index is 0.201. The van der Waals surface area contributed by atoms with E-state index in [0.717, 1.165) is 11.8 Å². The van der Waals surface area contributed by atoms with E-state index in [2.05, 4.69) is 10.1 Å². The molecule has 2 heterocycles. The third-order valence-corrected chi connectivity index (χ3v) is 6.17. The number of rotatable bonds is 6. The fraction of sp³-hybridized carbons (Fsp3) is 0.125. The lowest BCUT2D eigenvalue weighted by molar-refractivity contribution is 0.399. The predicted octanol–water partition coefficient (Wildman–Crippen LogP) is 3.43. The Balaban J connectivity index is 1.92. The number of hydrogen-bond acceptors (Lipinski definition) is 6. The van der Waals surface area contributed by atoms with E-state index in [1.54, 1.807) is 36.7 Å². The van der Waals surface area contributed by atoms with Gasteiger partial charge in [-0.25, -0.2) is 18.1 Å². The summed E-state index contributed by atoms with van der Waals surface area (Å²) in [6.45, 7) is 0.308. The Morgan fingerprint density at radius 1 is 0.938 bits per heavy atom. The molecular weight excluding hydrogens is 426 g/mol. The van der Waals surface area contributed by atoms with Gasteiger partial charge in [0, 0.05) is 18.0 Å². The molecule has 0 fully saturated rings. The molecule has 0 bridgehead atoms. The van der Waals surface area contributed by atoms with E-state index in [9.17, 15) is 13.2 Å². The molecule has 4 rings (SSSR count). The van der Waals surface area contributed by atoms with E-state index in [-0.39, 0.29) is 10.5 Å². The van der Waals surface area contributed by atoms with E-state index >= 15 is 0 Å². The fourth-order valence-corrected chi connectivity index (χ4v) is 4.09. The maximum absolute atomic E-state index is 13.6. The van der Waals surface area contributed by atoms with Gasteiger partial charge >= 0.3 is 0 Å². The molecule has 0 unspecified atom stereocenters. The highest BCUT2D eigenvalue weighted by Crippen LogP contribution is 2.33. The van der Waals surface area contributed by atoms with E-state index in [0.29, 0.717) is 34.7 Å². The number of hydrogen-bond donors (Lipinski definition) is 0. The molecule has 0 radical (unpaired) electrons. The van der Waals surface area contributed by atoms with Gasteiger partial charge in [-0.15, -0.1) is 0 Å². The van der Waals surface area contributed by atoms with Crippen LogP contribution in [0.5, 0.6) is 5.88 Å². The third-order valence-electron chi connectivity index (χ3n) is 5.05. The van der Waals surface area contributed by atoms with Crippen LogP contribution >= 0.6 is 0 Å². The number of pyridine rings is 1. The van der Waals surface area contributed by atoms with Crippen molar-refractivity contribution in [3.8, 4) is 28.1 Å². The van der Waals surface area contributed by atoms with Gasteiger partial charge in [0.25, 0.3) is 5.56 Å². The number of benzene rings is 2. The summed E-state index contributed by atoms with van der Waals surface area (Å²) in [5.74, 6) is 0.316. The van der Waals surface area contributed by atoms with Gasteiger partial charge in [0.2, 0.25) is 5.88 Å². The second kappa shape index (κ2) is 8.76. The molecule has 0 spiro atoms. The lowest BCUT2D eigenvalue weighted by atomic mass is 9.98. The molecule has 0 saturated carbocycles. The van der Waals surface area contributed by atoms with Crippen molar-refractivity contribution < 1.29 is 13.2 Å². The summed E-state index contributed by atoms with van der Waals surface area (Å²) in [6.07, 6.45) is 4.36. The van der Waals surface area contributed by atoms with Crippen molar-refractivity contribution in [2.75, 3.05) is 13.4 Å². The van der Waals surface area contributed by atoms with Crippen molar-refractivity contribution in [3.05, 3.63) is 95.0 Å². The first-order valence-electron chi connectivity index (χ1n) is 9.82. The number of aromatic nitrogens is 3. The van der Waals surface area contributed by atoms with Crippen molar-refractivity contribution in [1.82, 2.24) is 14.8 Å². The Bertz CT molecular complexity index is 1410. The normalized spacial score (nSPS) is 11.3. The second-order valence-electron chi connectivity index (χ2n) is 7.24. The Hall–Kier alpha value is -3.78. The van der Waals surface area contributed by atoms with E-state index < -0.39 is 9.84 Å². The van der Waals surface area contributed by atoms with Crippen molar-refractivity contribution in [3.63, 3.8) is 0 Å². The molecule has 4 aromatic rings. The maximum atomic E-state index is 13.6. The summed E-state index contributed by atoms with van der Waals surface area (Å²) < 4.78 is 30.5. The zero-order valence-corrected chi connectivity index (χ0v) is 18.4. The van der Waals surface area contributed by atoms with Crippen LogP contribution in [0.1, 0.15) is 5.56 Å². The zero-order chi connectivity index (χ0) is 22.7. The highest BCUT2D eigenvalue weighted by atomic mass is 32.2. The number of sulfone groups is 1. The first-order chi connectivity index (χ1) is 15.4. The van der Waals surface area contributed by atoms with Crippen LogP contribution < -0.4 is 10.3 Å². The van der Waals surface area contributed by atoms with Crippen LogP contribution in [0.15, 0.2) is 88.8 Å². The summed E-state index contributed by atoms with van der Waals surface area (Å²) >= 11 is 0. The van der Waals surface area contributed by atoms with Crippen molar-refractivity contribution in [1.29, 1.82) is 0 Å². The predicted molar refractivity (Wildman–Crippen MR) is 122 cm³/mol. The van der Waals surface area contributed by atoms with E-state index in [1.807, 2.05) is 30.3 Å². The lowest BCUT2D eigenvalue weighted by Gasteiger charge is -2.14. The number of nitrogens with zero attached hydrogens (tertiary/aromatic N) is 3. The molecule has 2 aromatic heterocycles. The molecule has 0 aliphatic carbocycles. The van der Waals surface area contributed by atoms with Crippen LogP contribution in [-0.2, 0) is 16.4 Å². The van der Waals surface area contributed by atoms with Crippen molar-refractivity contribution in [2.24, 2.45) is 0 Å². The standard InChI is InChI=1S/C24H21N3O4S/c1-31-23-20(9-6-14-25-23)22-21(18-10-12-19(13-11-18)32(2,29)30)15-26-27(24(22)28)16-17-7-4-3-5-8-17/h3-15H,16H2,1-2H3. The molecule has 2 aromatic carbocycles. The third kappa shape index (κ3) is 4.31. The van der Waals surface area contributed by atoms with Crippen LogP contribution in [0.4, 0.5) is 0 Å². The molecule has 0 amide bonds. The average Bonchev–Trinajstić information content (AvgIpc) is 2.80. The summed E-state index contributed by atoms with van der Waals surface area (Å²) in [6, 6.07) is 19.4. The lowest BCUT2D eigenvalue weighted by Crippen LogP contribution is -2.25. The van der Waals surface area contributed by atoms with Crippen LogP contribution in [0.2, 0.25) is 0 Å². The highest BCUT2D eigenvalue weighted by molar-refractivity contribution is 7.90. The molecular formula is C24H21N3O4S. The monoisotopic (exact) mass is 447 g/mol. The van der Waals surface area contributed by atoms with Gasteiger partial charge in [0.05, 0.1) is 35.9 Å². The topological polar surface area (TPSA) is 91.2 Å². The second-order valence-corrected chi connectivity index (χ2v) is 9.25. The highest BCUT2D eigenvalue weighted by Gasteiger charge is 2.20. The Kier molecular flexibility index (Phi) is 5.87. The Labute approximate surface area is 185 Å². The zero-order valence-electron chi connectivity index (χ0n) is 17.6. The van der Waals surface area contributed by atoms with Gasteiger partial charge in [-0.05, 0) is 35.4 Å². The van der Waals surface area contributed by atoms with Crippen LogP contribution in [0.25, 0.3) is 22.3 Å². The fourth-order valence-electron chi connectivity index (χ4n) is 3.46. The first kappa shape index (κ1) is 21.5. The Morgan fingerprint density at radius 2 is 1.66 bits per heavy atom. The van der Waals surface area contributed by atoms with Crippen LogP contribution in [-0.4, -0.2) is 36.5 Å². The summed E-state index contributed by atoms with van der Waals surface area (Å²) in [7, 11) is -1.84. The molecule has 8 heteroatoms. The Morgan fingerprint density at radius 3 is 2.31 bits per heavy atom. The van der Waals surface area contributed by atoms with E-state index in [4.69, 9.17) is 4.74 Å². The van der Waals surface area contributed by atoms with Gasteiger partial charge in [0.1, 0.15) is 0 Å². The van der Waals surface area contributed by atoms with Crippen LogP contribution in [0.3, 0.4) is 0 Å². The van der Waals surface area contributed by atoms with Gasteiger partial charge in [-0.2, -0.15) is 5.10 Å². The van der Waals surface area contributed by atoms with Crippen LogP contribution in [0, 0.1) is 0 Å². The smallest absolute Gasteiger partial charge is 0.275 e. The SMILES string of the molecule is COc1ncccc1-c1c(-c2ccc(S(C)(=O)=O)cc2)cnn(Cc2ccccc2)c1=O. The molecule has 7 nitrogen and oxygen atoms in total. The molecule has 0 aliphatic rings. The molecule has 32 heavy (non-hydrogen) atoms. The summed E-state index contributed by atoms with van der Waals surface area (Å²) in [5, 5.41) is 4.39. The summed E-state index contributed by atoms with van der Waals surface area (Å²) in [5.41, 5.74) is 2.78. The molecule has 0 atom stereocenters. The van der Waals surface area contributed by atoms with Gasteiger partial charge < -0.3 is 4.74 Å². The molecule has 0 aliphatic heterocycles. The first-order valence-corrected chi connectivity index (χ1v) is 11.7. The largest absolute Gasteiger partial charge is 0.481 e. The van der Waals surface area contributed by atoms with Gasteiger partial charge in [0.15, 0.2) is 9.84 Å². The van der Waals surface area contributed by atoms with E-state index in [1.165, 1.54) is 23.9 Å². The van der Waals surface area contributed by atoms with Crippen molar-refractivity contribution in [2.45, 2.75) is 11.4 Å². The number of methoxy groups -OCH3 is 1. The quantitative estimate of drug-likeness (QED) is 0.450. The van der Waals surface area contributed by atoms with Crippen molar-refractivity contribution >= 4 is 9.84 Å². The van der Waals surface area contributed by atoms with Gasteiger partial charge in [-0.3, -0.25) is 4.79 Å². The minimum Gasteiger partial charge on any atom is -0.481 e. The summed E-state index contributed by atoms with van der Waals surface area (Å²) in [4.78, 5) is 18.0. The van der Waals surface area contributed by atoms with Gasteiger partial charge in [-0.1, -0.05) is 42.5 Å². The molecule has 162 valence electrons. The average molecular weight is 448 g/mol. The number of ether oxygens (including phenoxy) is 1. The molecule has 0 N–H and O–H groups in total. The minimum atomic E-state index is -3.34.